The molecule has 0 spiro atoms. The van der Waals surface area contributed by atoms with E-state index in [0.29, 0.717) is 12.5 Å². The Morgan fingerprint density at radius 1 is 0.964 bits per heavy atom. The Morgan fingerprint density at radius 2 is 1.50 bits per heavy atom. The van der Waals surface area contributed by atoms with Gasteiger partial charge in [0, 0.05) is 0 Å². The van der Waals surface area contributed by atoms with Crippen molar-refractivity contribution in [3.05, 3.63) is 35.1 Å². The molecule has 0 aliphatic heterocycles. The van der Waals surface area contributed by atoms with Gasteiger partial charge in [-0.3, -0.25) is 0 Å². The van der Waals surface area contributed by atoms with Crippen LogP contribution >= 0.6 is 0 Å². The summed E-state index contributed by atoms with van der Waals surface area (Å²) >= 11 is 0. The van der Waals surface area contributed by atoms with Crippen LogP contribution in [0.4, 0.5) is 17.6 Å². The van der Waals surface area contributed by atoms with E-state index >= 15 is 0 Å². The molecule has 0 amide bonds. The van der Waals surface area contributed by atoms with E-state index in [9.17, 15) is 22.4 Å². The first-order valence-corrected chi connectivity index (χ1v) is 10.3. The molecule has 1 rings (SSSR count). The highest BCUT2D eigenvalue weighted by molar-refractivity contribution is 5.90. The highest BCUT2D eigenvalue weighted by Crippen LogP contribution is 2.32. The SMILES string of the molecule is CCCCCCCCCCCCC(C)OC(=O)c1cccc(C(F)(F)F)c1F. The summed E-state index contributed by atoms with van der Waals surface area (Å²) in [5, 5.41) is 0. The van der Waals surface area contributed by atoms with Crippen LogP contribution < -0.4 is 0 Å². The summed E-state index contributed by atoms with van der Waals surface area (Å²) in [4.78, 5) is 12.0. The van der Waals surface area contributed by atoms with Gasteiger partial charge in [0.25, 0.3) is 0 Å². The van der Waals surface area contributed by atoms with Gasteiger partial charge < -0.3 is 4.74 Å². The molecule has 6 heteroatoms. The van der Waals surface area contributed by atoms with E-state index in [2.05, 4.69) is 6.92 Å². The molecule has 28 heavy (non-hydrogen) atoms. The fourth-order valence-electron chi connectivity index (χ4n) is 3.13. The van der Waals surface area contributed by atoms with Crippen LogP contribution in [-0.2, 0) is 10.9 Å². The molecule has 0 aromatic heterocycles. The fraction of sp³-hybridized carbons (Fsp3) is 0.682. The van der Waals surface area contributed by atoms with E-state index in [1.54, 1.807) is 6.92 Å². The minimum Gasteiger partial charge on any atom is -0.459 e. The number of alkyl halides is 3. The third kappa shape index (κ3) is 9.07. The molecule has 0 saturated carbocycles. The molecule has 1 unspecified atom stereocenters. The van der Waals surface area contributed by atoms with Gasteiger partial charge >= 0.3 is 12.1 Å². The lowest BCUT2D eigenvalue weighted by molar-refractivity contribution is -0.140. The van der Waals surface area contributed by atoms with Crippen molar-refractivity contribution in [2.75, 3.05) is 0 Å². The first-order chi connectivity index (χ1) is 13.3. The molecule has 160 valence electrons. The van der Waals surface area contributed by atoms with Crippen molar-refractivity contribution >= 4 is 5.97 Å². The highest BCUT2D eigenvalue weighted by Gasteiger charge is 2.36. The maximum Gasteiger partial charge on any atom is 0.419 e. The number of esters is 1. The number of carbonyl (C=O) groups excluding carboxylic acids is 1. The lowest BCUT2D eigenvalue weighted by atomic mass is 10.0. The van der Waals surface area contributed by atoms with Crippen LogP contribution in [0, 0.1) is 5.82 Å². The zero-order chi connectivity index (χ0) is 21.0. The molecule has 2 nitrogen and oxygen atoms in total. The van der Waals surface area contributed by atoms with Crippen molar-refractivity contribution in [1.82, 2.24) is 0 Å². The van der Waals surface area contributed by atoms with Crippen molar-refractivity contribution in [2.24, 2.45) is 0 Å². The van der Waals surface area contributed by atoms with Crippen LogP contribution in [0.1, 0.15) is 100 Å². The van der Waals surface area contributed by atoms with Gasteiger partial charge in [-0.25, -0.2) is 9.18 Å². The monoisotopic (exact) mass is 404 g/mol. The molecule has 1 aromatic rings. The second-order valence-corrected chi connectivity index (χ2v) is 7.35. The van der Waals surface area contributed by atoms with Gasteiger partial charge in [-0.1, -0.05) is 70.8 Å². The summed E-state index contributed by atoms with van der Waals surface area (Å²) in [6, 6.07) is 2.63. The van der Waals surface area contributed by atoms with Crippen molar-refractivity contribution < 1.29 is 27.1 Å². The topological polar surface area (TPSA) is 26.3 Å². The number of benzene rings is 1. The maximum absolute atomic E-state index is 14.0. The third-order valence-corrected chi connectivity index (χ3v) is 4.80. The van der Waals surface area contributed by atoms with Gasteiger partial charge in [-0.15, -0.1) is 0 Å². The Bertz CT molecular complexity index is 584. The minimum absolute atomic E-state index is 0.463. The number of carbonyl (C=O) groups is 1. The third-order valence-electron chi connectivity index (χ3n) is 4.80. The van der Waals surface area contributed by atoms with Crippen molar-refractivity contribution in [1.29, 1.82) is 0 Å². The predicted octanol–water partition coefficient (Wildman–Crippen LogP) is 7.70. The summed E-state index contributed by atoms with van der Waals surface area (Å²) in [6.45, 7) is 3.88. The molecular formula is C22H32F4O2. The van der Waals surface area contributed by atoms with Gasteiger partial charge in [0.1, 0.15) is 5.82 Å². The van der Waals surface area contributed by atoms with Gasteiger partial charge in [0.2, 0.25) is 0 Å². The molecule has 0 N–H and O–H groups in total. The van der Waals surface area contributed by atoms with Gasteiger partial charge in [-0.05, 0) is 31.9 Å². The second kappa shape index (κ2) is 12.8. The Morgan fingerprint density at radius 3 is 2.04 bits per heavy atom. The van der Waals surface area contributed by atoms with E-state index in [-0.39, 0.29) is 0 Å². The minimum atomic E-state index is -4.85. The summed E-state index contributed by atoms with van der Waals surface area (Å²) in [5.41, 5.74) is -2.13. The van der Waals surface area contributed by atoms with Gasteiger partial charge in [0.15, 0.2) is 0 Å². The van der Waals surface area contributed by atoms with Crippen molar-refractivity contribution in [2.45, 2.75) is 96.8 Å². The quantitative estimate of drug-likeness (QED) is 0.191. The fourth-order valence-corrected chi connectivity index (χ4v) is 3.13. The van der Waals surface area contributed by atoms with E-state index in [0.717, 1.165) is 31.4 Å². The molecule has 0 fully saturated rings. The second-order valence-electron chi connectivity index (χ2n) is 7.35. The van der Waals surface area contributed by atoms with Crippen molar-refractivity contribution in [3.63, 3.8) is 0 Å². The number of unbranched alkanes of at least 4 members (excludes halogenated alkanes) is 9. The highest BCUT2D eigenvalue weighted by atomic mass is 19.4. The van der Waals surface area contributed by atoms with E-state index in [1.165, 1.54) is 44.9 Å². The molecule has 0 aliphatic carbocycles. The zero-order valence-electron chi connectivity index (χ0n) is 16.9. The van der Waals surface area contributed by atoms with Gasteiger partial charge in [0.05, 0.1) is 17.2 Å². The molecule has 1 aromatic carbocycles. The van der Waals surface area contributed by atoms with Crippen LogP contribution in [0.25, 0.3) is 0 Å². The van der Waals surface area contributed by atoms with Crippen molar-refractivity contribution in [3.8, 4) is 0 Å². The molecule has 0 saturated heterocycles. The van der Waals surface area contributed by atoms with E-state index in [4.69, 9.17) is 4.74 Å². The van der Waals surface area contributed by atoms with Gasteiger partial charge in [-0.2, -0.15) is 13.2 Å². The Hall–Kier alpha value is -1.59. The first-order valence-electron chi connectivity index (χ1n) is 10.3. The molecule has 0 radical (unpaired) electrons. The first kappa shape index (κ1) is 24.4. The van der Waals surface area contributed by atoms with Crippen LogP contribution in [0.2, 0.25) is 0 Å². The lowest BCUT2D eigenvalue weighted by Crippen LogP contribution is -2.18. The summed E-state index contributed by atoms with van der Waals surface area (Å²) < 4.78 is 57.3. The number of hydrogen-bond acceptors (Lipinski definition) is 2. The van der Waals surface area contributed by atoms with E-state index < -0.39 is 35.2 Å². The van der Waals surface area contributed by atoms with Crippen LogP contribution in [0.15, 0.2) is 18.2 Å². The maximum atomic E-state index is 14.0. The predicted molar refractivity (Wildman–Crippen MR) is 103 cm³/mol. The largest absolute Gasteiger partial charge is 0.459 e. The van der Waals surface area contributed by atoms with Crippen LogP contribution in [0.3, 0.4) is 0 Å². The Balaban J connectivity index is 2.27. The Labute approximate surface area is 165 Å². The summed E-state index contributed by atoms with van der Waals surface area (Å²) in [5.74, 6) is -2.63. The zero-order valence-corrected chi connectivity index (χ0v) is 16.9. The van der Waals surface area contributed by atoms with E-state index in [1.807, 2.05) is 0 Å². The molecular weight excluding hydrogens is 372 g/mol. The lowest BCUT2D eigenvalue weighted by Gasteiger charge is -2.15. The smallest absolute Gasteiger partial charge is 0.419 e. The average molecular weight is 404 g/mol. The normalized spacial score (nSPS) is 12.8. The molecule has 0 bridgehead atoms. The summed E-state index contributed by atoms with van der Waals surface area (Å²) in [6.07, 6.45) is 7.19. The average Bonchev–Trinajstić information content (AvgIpc) is 2.62. The number of halogens is 4. The molecule has 0 heterocycles. The van der Waals surface area contributed by atoms with Crippen LogP contribution in [0.5, 0.6) is 0 Å². The summed E-state index contributed by atoms with van der Waals surface area (Å²) in [7, 11) is 0. The van der Waals surface area contributed by atoms with Crippen LogP contribution in [-0.4, -0.2) is 12.1 Å². The number of rotatable bonds is 13. The molecule has 0 aliphatic rings. The molecule has 1 atom stereocenters. The Kier molecular flexibility index (Phi) is 11.2. The number of hydrogen-bond donors (Lipinski definition) is 0. The number of ether oxygens (including phenoxy) is 1. The standard InChI is InChI=1S/C22H32F4O2/c1-3-4-5-6-7-8-9-10-11-12-14-17(2)28-21(27)18-15-13-16-19(20(18)23)22(24,25)26/h13,15-17H,3-12,14H2,1-2H3.